The first-order valence-electron chi connectivity index (χ1n) is 8.90. The number of aromatic nitrogens is 1. The zero-order chi connectivity index (χ0) is 17.9. The average Bonchev–Trinajstić information content (AvgIpc) is 3.22. The molecule has 5 nitrogen and oxygen atoms in total. The summed E-state index contributed by atoms with van der Waals surface area (Å²) in [5, 5.41) is 8.57. The second kappa shape index (κ2) is 7.33. The number of benzene rings is 2. The predicted octanol–water partition coefficient (Wildman–Crippen LogP) is 3.89. The van der Waals surface area contributed by atoms with Gasteiger partial charge < -0.3 is 15.1 Å². The number of anilines is 1. The third-order valence-corrected chi connectivity index (χ3v) is 5.72. The third-order valence-electron chi connectivity index (χ3n) is 4.89. The largest absolute Gasteiger partial charge is 0.345 e. The summed E-state index contributed by atoms with van der Waals surface area (Å²) in [5.41, 5.74) is 1.15. The monoisotopic (exact) mass is 366 g/mol. The molecule has 0 aliphatic carbocycles. The van der Waals surface area contributed by atoms with Crippen LogP contribution >= 0.6 is 11.3 Å². The number of hydrogen-bond donors (Lipinski definition) is 1. The first kappa shape index (κ1) is 16.8. The Morgan fingerprint density at radius 3 is 2.65 bits per heavy atom. The van der Waals surface area contributed by atoms with Crippen molar-refractivity contribution in [2.24, 2.45) is 0 Å². The number of nitrogens with zero attached hydrogens (tertiary/aromatic N) is 3. The minimum Gasteiger partial charge on any atom is -0.345 e. The van der Waals surface area contributed by atoms with Crippen LogP contribution in [0.3, 0.4) is 0 Å². The highest BCUT2D eigenvalue weighted by Crippen LogP contribution is 2.24. The van der Waals surface area contributed by atoms with Crippen LogP contribution < -0.4 is 10.2 Å². The Balaban J connectivity index is 1.40. The molecule has 1 unspecified atom stereocenters. The molecule has 1 aromatic heterocycles. The van der Waals surface area contributed by atoms with Crippen molar-refractivity contribution >= 4 is 33.3 Å². The maximum absolute atomic E-state index is 12.7. The number of fused-ring (bicyclic) bond motifs is 1. The number of amides is 2. The van der Waals surface area contributed by atoms with Crippen LogP contribution in [0.2, 0.25) is 0 Å². The lowest BCUT2D eigenvalue weighted by Crippen LogP contribution is -2.52. The molecule has 26 heavy (non-hydrogen) atoms. The van der Waals surface area contributed by atoms with E-state index in [0.29, 0.717) is 13.1 Å². The van der Waals surface area contributed by atoms with Gasteiger partial charge >= 0.3 is 6.03 Å². The van der Waals surface area contributed by atoms with Gasteiger partial charge in [-0.05, 0) is 23.3 Å². The van der Waals surface area contributed by atoms with Gasteiger partial charge in [0.25, 0.3) is 0 Å². The van der Waals surface area contributed by atoms with Gasteiger partial charge in [-0.3, -0.25) is 0 Å². The lowest BCUT2D eigenvalue weighted by Gasteiger charge is -2.35. The normalized spacial score (nSPS) is 15.9. The molecule has 2 aromatic carbocycles. The minimum absolute atomic E-state index is 0.00391. The fourth-order valence-corrected chi connectivity index (χ4v) is 4.15. The molecule has 2 heterocycles. The summed E-state index contributed by atoms with van der Waals surface area (Å²) in [5.74, 6) is 0. The van der Waals surface area contributed by atoms with E-state index >= 15 is 0 Å². The van der Waals surface area contributed by atoms with E-state index in [1.165, 1.54) is 10.8 Å². The zero-order valence-corrected chi connectivity index (χ0v) is 15.6. The van der Waals surface area contributed by atoms with E-state index in [1.807, 2.05) is 41.6 Å². The predicted molar refractivity (Wildman–Crippen MR) is 107 cm³/mol. The van der Waals surface area contributed by atoms with Crippen LogP contribution in [0, 0.1) is 0 Å². The zero-order valence-electron chi connectivity index (χ0n) is 14.8. The van der Waals surface area contributed by atoms with Gasteiger partial charge in [-0.25, -0.2) is 9.78 Å². The van der Waals surface area contributed by atoms with E-state index in [-0.39, 0.29) is 12.1 Å². The molecule has 0 radical (unpaired) electrons. The second-order valence-corrected chi connectivity index (χ2v) is 7.40. The summed E-state index contributed by atoms with van der Waals surface area (Å²) in [4.78, 5) is 21.2. The topological polar surface area (TPSA) is 48.5 Å². The molecule has 1 N–H and O–H groups in total. The van der Waals surface area contributed by atoms with Crippen LogP contribution in [0.15, 0.2) is 54.0 Å². The molecule has 2 amide bonds. The standard InChI is InChI=1S/C20H22N4OS/c1-15(17-8-4-6-16-5-2-3-7-18(16)17)22-19(25)23-10-12-24(13-11-23)20-21-9-14-26-20/h2-9,14-15H,10-13H2,1H3,(H,22,25). The Kier molecular flexibility index (Phi) is 4.75. The van der Waals surface area contributed by atoms with Crippen LogP contribution in [-0.4, -0.2) is 42.1 Å². The van der Waals surface area contributed by atoms with Gasteiger partial charge in [0.15, 0.2) is 5.13 Å². The second-order valence-electron chi connectivity index (χ2n) is 6.53. The van der Waals surface area contributed by atoms with Crippen molar-refractivity contribution in [1.29, 1.82) is 0 Å². The molecule has 0 bridgehead atoms. The molecule has 4 rings (SSSR count). The summed E-state index contributed by atoms with van der Waals surface area (Å²) in [6.07, 6.45) is 1.82. The van der Waals surface area contributed by atoms with Crippen LogP contribution in [0.1, 0.15) is 18.5 Å². The first-order chi connectivity index (χ1) is 12.7. The number of piperazine rings is 1. The smallest absolute Gasteiger partial charge is 0.317 e. The quantitative estimate of drug-likeness (QED) is 0.765. The van der Waals surface area contributed by atoms with Crippen molar-refractivity contribution in [2.45, 2.75) is 13.0 Å². The fourth-order valence-electron chi connectivity index (χ4n) is 3.46. The van der Waals surface area contributed by atoms with Gasteiger partial charge in [0.2, 0.25) is 0 Å². The van der Waals surface area contributed by atoms with Gasteiger partial charge in [0.1, 0.15) is 0 Å². The number of thiazole rings is 1. The van der Waals surface area contributed by atoms with E-state index in [4.69, 9.17) is 0 Å². The maximum atomic E-state index is 12.7. The SMILES string of the molecule is CC(NC(=O)N1CCN(c2nccs2)CC1)c1cccc2ccccc12. The lowest BCUT2D eigenvalue weighted by atomic mass is 10.00. The molecular weight excluding hydrogens is 344 g/mol. The van der Waals surface area contributed by atoms with Gasteiger partial charge in [0.05, 0.1) is 6.04 Å². The molecule has 1 aliphatic rings. The van der Waals surface area contributed by atoms with Gasteiger partial charge in [-0.2, -0.15) is 0 Å². The van der Waals surface area contributed by atoms with Crippen molar-refractivity contribution in [1.82, 2.24) is 15.2 Å². The highest BCUT2D eigenvalue weighted by Gasteiger charge is 2.23. The van der Waals surface area contributed by atoms with Gasteiger partial charge in [0, 0.05) is 37.8 Å². The van der Waals surface area contributed by atoms with Crippen LogP contribution in [0.5, 0.6) is 0 Å². The van der Waals surface area contributed by atoms with E-state index in [9.17, 15) is 4.79 Å². The molecule has 0 saturated carbocycles. The van der Waals surface area contributed by atoms with Crippen molar-refractivity contribution < 1.29 is 4.79 Å². The highest BCUT2D eigenvalue weighted by atomic mass is 32.1. The fraction of sp³-hybridized carbons (Fsp3) is 0.300. The molecule has 1 saturated heterocycles. The average molecular weight is 366 g/mol. The summed E-state index contributed by atoms with van der Waals surface area (Å²) >= 11 is 1.64. The van der Waals surface area contributed by atoms with Gasteiger partial charge in [-0.1, -0.05) is 42.5 Å². The van der Waals surface area contributed by atoms with Crippen LogP contribution in [0.4, 0.5) is 9.93 Å². The number of nitrogens with one attached hydrogen (secondary N) is 1. The van der Waals surface area contributed by atoms with Crippen molar-refractivity contribution in [3.8, 4) is 0 Å². The van der Waals surface area contributed by atoms with Crippen molar-refractivity contribution in [2.75, 3.05) is 31.1 Å². The number of hydrogen-bond acceptors (Lipinski definition) is 4. The van der Waals surface area contributed by atoms with E-state index in [1.54, 1.807) is 11.3 Å². The van der Waals surface area contributed by atoms with Crippen LogP contribution in [0.25, 0.3) is 10.8 Å². The molecule has 3 aromatic rings. The number of urea groups is 1. The Hall–Kier alpha value is -2.60. The highest BCUT2D eigenvalue weighted by molar-refractivity contribution is 7.13. The molecule has 1 atom stereocenters. The molecular formula is C20H22N4OS. The third kappa shape index (κ3) is 3.37. The van der Waals surface area contributed by atoms with Crippen molar-refractivity contribution in [3.05, 3.63) is 59.6 Å². The summed E-state index contributed by atoms with van der Waals surface area (Å²) in [6, 6.07) is 14.5. The lowest BCUT2D eigenvalue weighted by molar-refractivity contribution is 0.191. The Labute approximate surface area is 157 Å². The van der Waals surface area contributed by atoms with Crippen LogP contribution in [-0.2, 0) is 0 Å². The summed E-state index contributed by atoms with van der Waals surface area (Å²) < 4.78 is 0. The van der Waals surface area contributed by atoms with E-state index < -0.39 is 0 Å². The minimum atomic E-state index is -0.0365. The molecule has 0 spiro atoms. The Morgan fingerprint density at radius 1 is 1.12 bits per heavy atom. The van der Waals surface area contributed by atoms with E-state index in [2.05, 4.69) is 39.5 Å². The molecule has 1 fully saturated rings. The Bertz CT molecular complexity index is 882. The number of rotatable bonds is 3. The van der Waals surface area contributed by atoms with Gasteiger partial charge in [-0.15, -0.1) is 11.3 Å². The summed E-state index contributed by atoms with van der Waals surface area (Å²) in [7, 11) is 0. The molecule has 134 valence electrons. The Morgan fingerprint density at radius 2 is 1.88 bits per heavy atom. The first-order valence-corrected chi connectivity index (χ1v) is 9.78. The maximum Gasteiger partial charge on any atom is 0.317 e. The van der Waals surface area contributed by atoms with E-state index in [0.717, 1.165) is 23.8 Å². The number of carbonyl (C=O) groups is 1. The molecule has 6 heteroatoms. The van der Waals surface area contributed by atoms with Crippen molar-refractivity contribution in [3.63, 3.8) is 0 Å². The number of carbonyl (C=O) groups excluding carboxylic acids is 1. The summed E-state index contributed by atoms with van der Waals surface area (Å²) in [6.45, 7) is 5.12. The molecule has 1 aliphatic heterocycles.